The summed E-state index contributed by atoms with van der Waals surface area (Å²) in [4.78, 5) is 29.4. The molecule has 1 heterocycles. The summed E-state index contributed by atoms with van der Waals surface area (Å²) in [6.07, 6.45) is 0.631. The summed E-state index contributed by atoms with van der Waals surface area (Å²) in [5, 5.41) is 0. The average molecular weight is 442 g/mol. The number of benzene rings is 2. The molecule has 1 aromatic heterocycles. The summed E-state index contributed by atoms with van der Waals surface area (Å²) in [5.74, 6) is -0.568. The molecule has 1 amide bonds. The van der Waals surface area contributed by atoms with E-state index in [-0.39, 0.29) is 24.3 Å². The van der Waals surface area contributed by atoms with Gasteiger partial charge in [0.1, 0.15) is 5.76 Å². The highest BCUT2D eigenvalue weighted by molar-refractivity contribution is 7.92. The number of nitrogens with zero attached hydrogens (tertiary/aromatic N) is 2. The number of anilines is 1. The summed E-state index contributed by atoms with van der Waals surface area (Å²) in [5.41, 5.74) is 1.26. The maximum absolute atomic E-state index is 13.0. The number of aryl methyl sites for hydroxylation is 1. The fourth-order valence-corrected chi connectivity index (χ4v) is 3.94. The molecule has 0 unspecified atom stereocenters. The lowest BCUT2D eigenvalue weighted by Gasteiger charge is -2.20. The van der Waals surface area contributed by atoms with E-state index in [1.807, 2.05) is 30.3 Å². The standard InChI is InChI=1S/C22H22N2O6S/c1-4-29-22(26)17-11-8-12-18(13-17)24(31(3,27)28)20(25)14-19-15(2)30-21(23-19)16-9-6-5-7-10-16/h5-13H,4,14H2,1-3H3. The van der Waals surface area contributed by atoms with Crippen LogP contribution in [0.4, 0.5) is 5.69 Å². The van der Waals surface area contributed by atoms with Gasteiger partial charge in [-0.1, -0.05) is 24.3 Å². The van der Waals surface area contributed by atoms with Crippen molar-refractivity contribution >= 4 is 27.6 Å². The molecule has 0 bridgehead atoms. The van der Waals surface area contributed by atoms with Crippen LogP contribution in [0.25, 0.3) is 11.5 Å². The van der Waals surface area contributed by atoms with E-state index in [2.05, 4.69) is 4.98 Å². The van der Waals surface area contributed by atoms with E-state index in [9.17, 15) is 18.0 Å². The average Bonchev–Trinajstić information content (AvgIpc) is 3.08. The number of carbonyl (C=O) groups is 2. The van der Waals surface area contributed by atoms with E-state index in [4.69, 9.17) is 9.15 Å². The molecule has 0 N–H and O–H groups in total. The largest absolute Gasteiger partial charge is 0.462 e. The Labute approximate surface area is 180 Å². The number of sulfonamides is 1. The molecule has 2 aromatic carbocycles. The van der Waals surface area contributed by atoms with E-state index < -0.39 is 21.9 Å². The first-order valence-electron chi connectivity index (χ1n) is 9.52. The number of hydrogen-bond donors (Lipinski definition) is 0. The predicted molar refractivity (Wildman–Crippen MR) is 115 cm³/mol. The first-order chi connectivity index (χ1) is 14.7. The van der Waals surface area contributed by atoms with Crippen LogP contribution in [0.1, 0.15) is 28.7 Å². The molecule has 0 aliphatic rings. The van der Waals surface area contributed by atoms with Crippen LogP contribution >= 0.6 is 0 Å². The van der Waals surface area contributed by atoms with Crippen LogP contribution in [-0.4, -0.2) is 38.1 Å². The van der Waals surface area contributed by atoms with Crippen LogP contribution in [-0.2, 0) is 26.0 Å². The van der Waals surface area contributed by atoms with Crippen molar-refractivity contribution in [3.8, 4) is 11.5 Å². The van der Waals surface area contributed by atoms with Crippen molar-refractivity contribution in [2.45, 2.75) is 20.3 Å². The molecular formula is C22H22N2O6S. The van der Waals surface area contributed by atoms with E-state index in [0.29, 0.717) is 21.7 Å². The van der Waals surface area contributed by atoms with Crippen molar-refractivity contribution < 1.29 is 27.2 Å². The summed E-state index contributed by atoms with van der Waals surface area (Å²) in [6, 6.07) is 14.9. The Morgan fingerprint density at radius 3 is 2.45 bits per heavy atom. The molecule has 0 fully saturated rings. The predicted octanol–water partition coefficient (Wildman–Crippen LogP) is 3.36. The normalized spacial score (nSPS) is 11.2. The SMILES string of the molecule is CCOC(=O)c1cccc(N(C(=O)Cc2nc(-c3ccccc3)oc2C)S(C)(=O)=O)c1. The van der Waals surface area contributed by atoms with Crippen LogP contribution < -0.4 is 4.31 Å². The summed E-state index contributed by atoms with van der Waals surface area (Å²) in [7, 11) is -3.98. The maximum atomic E-state index is 13.0. The number of rotatable bonds is 7. The highest BCUT2D eigenvalue weighted by Gasteiger charge is 2.28. The lowest BCUT2D eigenvalue weighted by molar-refractivity contribution is -0.116. The highest BCUT2D eigenvalue weighted by atomic mass is 32.2. The number of aromatic nitrogens is 1. The summed E-state index contributed by atoms with van der Waals surface area (Å²) >= 11 is 0. The number of amides is 1. The van der Waals surface area contributed by atoms with Gasteiger partial charge in [-0.15, -0.1) is 0 Å². The molecule has 0 saturated carbocycles. The Bertz CT molecular complexity index is 1200. The molecule has 0 aliphatic heterocycles. The molecule has 0 atom stereocenters. The van der Waals surface area contributed by atoms with Gasteiger partial charge in [0.15, 0.2) is 0 Å². The molecule has 9 heteroatoms. The van der Waals surface area contributed by atoms with Gasteiger partial charge >= 0.3 is 5.97 Å². The number of oxazole rings is 1. The zero-order chi connectivity index (χ0) is 22.6. The highest BCUT2D eigenvalue weighted by Crippen LogP contribution is 2.24. The molecule has 0 aliphatic carbocycles. The molecule has 3 aromatic rings. The van der Waals surface area contributed by atoms with Crippen molar-refractivity contribution in [2.24, 2.45) is 0 Å². The summed E-state index contributed by atoms with van der Waals surface area (Å²) < 4.78 is 36.1. The Morgan fingerprint density at radius 1 is 1.10 bits per heavy atom. The maximum Gasteiger partial charge on any atom is 0.338 e. The van der Waals surface area contributed by atoms with Gasteiger partial charge in [-0.2, -0.15) is 0 Å². The zero-order valence-corrected chi connectivity index (χ0v) is 18.2. The second-order valence-corrected chi connectivity index (χ2v) is 8.59. The van der Waals surface area contributed by atoms with Gasteiger partial charge in [-0.25, -0.2) is 22.5 Å². The molecule has 8 nitrogen and oxygen atoms in total. The monoisotopic (exact) mass is 442 g/mol. The third-order valence-electron chi connectivity index (χ3n) is 4.38. The van der Waals surface area contributed by atoms with Gasteiger partial charge < -0.3 is 9.15 Å². The molecular weight excluding hydrogens is 420 g/mol. The molecule has 0 spiro atoms. The van der Waals surface area contributed by atoms with Crippen LogP contribution in [0.15, 0.2) is 59.0 Å². The van der Waals surface area contributed by atoms with Crippen molar-refractivity contribution in [2.75, 3.05) is 17.2 Å². The smallest absolute Gasteiger partial charge is 0.338 e. The van der Waals surface area contributed by atoms with Gasteiger partial charge in [0.2, 0.25) is 21.8 Å². The third-order valence-corrected chi connectivity index (χ3v) is 5.46. The van der Waals surface area contributed by atoms with Crippen molar-refractivity contribution in [1.29, 1.82) is 0 Å². The molecule has 162 valence electrons. The molecule has 31 heavy (non-hydrogen) atoms. The first kappa shape index (κ1) is 22.2. The van der Waals surface area contributed by atoms with E-state index in [1.165, 1.54) is 24.3 Å². The number of carbonyl (C=O) groups excluding carboxylic acids is 2. The lowest BCUT2D eigenvalue weighted by Crippen LogP contribution is -2.37. The second kappa shape index (κ2) is 9.13. The van der Waals surface area contributed by atoms with Crippen LogP contribution in [0.3, 0.4) is 0 Å². The molecule has 0 saturated heterocycles. The zero-order valence-electron chi connectivity index (χ0n) is 17.4. The van der Waals surface area contributed by atoms with Crippen molar-refractivity contribution in [1.82, 2.24) is 4.98 Å². The van der Waals surface area contributed by atoms with Gasteiger partial charge in [0.05, 0.1) is 36.2 Å². The minimum absolute atomic E-state index is 0.0440. The van der Waals surface area contributed by atoms with Crippen LogP contribution in [0, 0.1) is 6.92 Å². The van der Waals surface area contributed by atoms with Gasteiger partial charge in [0, 0.05) is 5.56 Å². The lowest BCUT2D eigenvalue weighted by atomic mass is 10.2. The topological polar surface area (TPSA) is 107 Å². The molecule has 0 radical (unpaired) electrons. The van der Waals surface area contributed by atoms with Gasteiger partial charge in [-0.05, 0) is 44.2 Å². The second-order valence-electron chi connectivity index (χ2n) is 6.76. The van der Waals surface area contributed by atoms with Crippen LogP contribution in [0.5, 0.6) is 0 Å². The number of ether oxygens (including phenoxy) is 1. The minimum atomic E-state index is -3.98. The minimum Gasteiger partial charge on any atom is -0.462 e. The van der Waals surface area contributed by atoms with Crippen LogP contribution in [0.2, 0.25) is 0 Å². The van der Waals surface area contributed by atoms with Crippen molar-refractivity contribution in [3.05, 3.63) is 71.6 Å². The quantitative estimate of drug-likeness (QED) is 0.516. The van der Waals surface area contributed by atoms with Crippen molar-refractivity contribution in [3.63, 3.8) is 0 Å². The van der Waals surface area contributed by atoms with Gasteiger partial charge in [-0.3, -0.25) is 4.79 Å². The summed E-state index contributed by atoms with van der Waals surface area (Å²) in [6.45, 7) is 3.50. The first-order valence-corrected chi connectivity index (χ1v) is 11.4. The Balaban J connectivity index is 1.92. The van der Waals surface area contributed by atoms with E-state index in [0.717, 1.165) is 11.8 Å². The van der Waals surface area contributed by atoms with E-state index >= 15 is 0 Å². The Morgan fingerprint density at radius 2 is 1.81 bits per heavy atom. The van der Waals surface area contributed by atoms with E-state index in [1.54, 1.807) is 13.8 Å². The number of esters is 1. The Hall–Kier alpha value is -3.46. The molecule has 3 rings (SSSR count). The third kappa shape index (κ3) is 5.18. The fraction of sp³-hybridized carbons (Fsp3) is 0.227. The number of hydrogen-bond acceptors (Lipinski definition) is 7. The van der Waals surface area contributed by atoms with Gasteiger partial charge in [0.25, 0.3) is 0 Å². The Kier molecular flexibility index (Phi) is 6.55. The fourth-order valence-electron chi connectivity index (χ4n) is 3.01.